The Hall–Kier alpha value is -2.19. The van der Waals surface area contributed by atoms with Gasteiger partial charge in [-0.05, 0) is 99.7 Å². The first-order valence-electron chi connectivity index (χ1n) is 12.8. The second kappa shape index (κ2) is 9.82. The summed E-state index contributed by atoms with van der Waals surface area (Å²) in [6.45, 7) is 9.94. The fourth-order valence-electron chi connectivity index (χ4n) is 7.63. The maximum Gasteiger partial charge on any atom is 0.263 e. The Bertz CT molecular complexity index is 953. The predicted octanol–water partition coefficient (Wildman–Crippen LogP) is 4.98. The van der Waals surface area contributed by atoms with Gasteiger partial charge in [0.25, 0.3) is 5.91 Å². The van der Waals surface area contributed by atoms with E-state index in [0.29, 0.717) is 0 Å². The van der Waals surface area contributed by atoms with Gasteiger partial charge in [-0.1, -0.05) is 12.1 Å². The summed E-state index contributed by atoms with van der Waals surface area (Å²) < 4.78 is 0. The molecule has 34 heavy (non-hydrogen) atoms. The van der Waals surface area contributed by atoms with Crippen molar-refractivity contribution >= 4 is 24.0 Å². The standard InChI is InChI=1S/C28H38N4O.ClH/c1-19-5-4-6-26(20(19)2)32-9-7-31(8-10-32)18-25(17-29)27(33)30-21(3)28-14-22-11-23(15-28)13-24(12-22)16-28;/h4-6,18,21-24H,7-16H2,1-3H3,(H,30,33);1H/b25-18-;. The third kappa shape index (κ3) is 4.67. The number of nitrogens with one attached hydrogen (secondary N) is 1. The van der Waals surface area contributed by atoms with Crippen molar-refractivity contribution in [2.24, 2.45) is 23.2 Å². The molecular weight excluding hydrogens is 444 g/mol. The lowest BCUT2D eigenvalue weighted by atomic mass is 9.48. The molecule has 0 spiro atoms. The number of nitriles is 1. The van der Waals surface area contributed by atoms with Gasteiger partial charge in [0, 0.05) is 44.1 Å². The number of carbonyl (C=O) groups excluding carboxylic acids is 1. The van der Waals surface area contributed by atoms with Crippen molar-refractivity contribution in [1.82, 2.24) is 10.2 Å². The quantitative estimate of drug-likeness (QED) is 0.475. The monoisotopic (exact) mass is 482 g/mol. The Morgan fingerprint density at radius 3 is 2.24 bits per heavy atom. The molecule has 0 radical (unpaired) electrons. The molecule has 4 aliphatic carbocycles. The maximum absolute atomic E-state index is 13.1. The van der Waals surface area contributed by atoms with Crippen LogP contribution in [0.25, 0.3) is 0 Å². The molecule has 1 amide bonds. The number of amides is 1. The molecule has 4 saturated carbocycles. The van der Waals surface area contributed by atoms with E-state index in [1.807, 2.05) is 0 Å². The van der Waals surface area contributed by atoms with Crippen LogP contribution >= 0.6 is 12.4 Å². The molecule has 1 N–H and O–H groups in total. The molecule has 5 aliphatic rings. The van der Waals surface area contributed by atoms with Gasteiger partial charge >= 0.3 is 0 Å². The van der Waals surface area contributed by atoms with Gasteiger partial charge in [0.2, 0.25) is 0 Å². The molecule has 1 atom stereocenters. The van der Waals surface area contributed by atoms with Gasteiger partial charge in [0.15, 0.2) is 0 Å². The van der Waals surface area contributed by atoms with Gasteiger partial charge < -0.3 is 15.1 Å². The molecule has 1 saturated heterocycles. The zero-order valence-corrected chi connectivity index (χ0v) is 21.7. The van der Waals surface area contributed by atoms with Crippen molar-refractivity contribution in [2.45, 2.75) is 65.3 Å². The van der Waals surface area contributed by atoms with Crippen LogP contribution in [-0.4, -0.2) is 43.0 Å². The molecule has 6 heteroatoms. The first kappa shape index (κ1) is 24.9. The smallest absolute Gasteiger partial charge is 0.263 e. The van der Waals surface area contributed by atoms with E-state index < -0.39 is 0 Å². The number of aryl methyl sites for hydroxylation is 1. The maximum atomic E-state index is 13.1. The summed E-state index contributed by atoms with van der Waals surface area (Å²) in [5.74, 6) is 2.37. The number of carbonyl (C=O) groups is 1. The predicted molar refractivity (Wildman–Crippen MR) is 139 cm³/mol. The van der Waals surface area contributed by atoms with Crippen molar-refractivity contribution in [3.8, 4) is 6.07 Å². The fourth-order valence-corrected chi connectivity index (χ4v) is 7.63. The van der Waals surface area contributed by atoms with Crippen molar-refractivity contribution < 1.29 is 4.79 Å². The molecule has 5 nitrogen and oxygen atoms in total. The van der Waals surface area contributed by atoms with Crippen LogP contribution in [0.15, 0.2) is 30.0 Å². The highest BCUT2D eigenvalue weighted by molar-refractivity contribution is 5.97. The van der Waals surface area contributed by atoms with E-state index >= 15 is 0 Å². The van der Waals surface area contributed by atoms with Crippen LogP contribution in [0.5, 0.6) is 0 Å². The van der Waals surface area contributed by atoms with Crippen LogP contribution in [0, 0.1) is 48.3 Å². The summed E-state index contributed by atoms with van der Waals surface area (Å²) in [6.07, 6.45) is 9.76. The largest absolute Gasteiger partial charge is 0.373 e. The molecule has 1 aromatic carbocycles. The van der Waals surface area contributed by atoms with Crippen LogP contribution in [0.3, 0.4) is 0 Å². The van der Waals surface area contributed by atoms with Crippen molar-refractivity contribution in [3.63, 3.8) is 0 Å². The third-order valence-corrected chi connectivity index (χ3v) is 9.26. The number of hydrogen-bond donors (Lipinski definition) is 1. The zero-order valence-electron chi connectivity index (χ0n) is 20.8. The molecule has 1 aromatic rings. The van der Waals surface area contributed by atoms with E-state index in [-0.39, 0.29) is 35.3 Å². The van der Waals surface area contributed by atoms with E-state index in [2.05, 4.69) is 60.2 Å². The Labute approximate surface area is 211 Å². The van der Waals surface area contributed by atoms with Crippen molar-refractivity contribution in [3.05, 3.63) is 41.1 Å². The van der Waals surface area contributed by atoms with Crippen molar-refractivity contribution in [2.75, 3.05) is 31.1 Å². The van der Waals surface area contributed by atoms with Crippen LogP contribution in [0.1, 0.15) is 56.6 Å². The highest BCUT2D eigenvalue weighted by Crippen LogP contribution is 2.61. The van der Waals surface area contributed by atoms with Crippen LogP contribution in [0.4, 0.5) is 5.69 Å². The first-order valence-corrected chi connectivity index (χ1v) is 12.8. The first-order chi connectivity index (χ1) is 15.9. The summed E-state index contributed by atoms with van der Waals surface area (Å²) >= 11 is 0. The Morgan fingerprint density at radius 2 is 1.68 bits per heavy atom. The molecule has 1 heterocycles. The Balaban J connectivity index is 0.00000274. The lowest BCUT2D eigenvalue weighted by Crippen LogP contribution is -2.56. The van der Waals surface area contributed by atoms with Gasteiger partial charge in [-0.2, -0.15) is 5.26 Å². The second-order valence-electron chi connectivity index (χ2n) is 11.4. The average Bonchev–Trinajstić information content (AvgIpc) is 2.79. The summed E-state index contributed by atoms with van der Waals surface area (Å²) in [5, 5.41) is 13.0. The number of anilines is 1. The van der Waals surface area contributed by atoms with E-state index in [1.165, 1.54) is 55.3 Å². The highest BCUT2D eigenvalue weighted by Gasteiger charge is 2.53. The molecule has 1 aliphatic heterocycles. The molecule has 1 unspecified atom stereocenters. The van der Waals surface area contributed by atoms with Gasteiger partial charge in [0.1, 0.15) is 11.6 Å². The summed E-state index contributed by atoms with van der Waals surface area (Å²) in [5.41, 5.74) is 4.43. The number of hydrogen-bond acceptors (Lipinski definition) is 4. The number of rotatable bonds is 5. The Morgan fingerprint density at radius 1 is 1.09 bits per heavy atom. The summed E-state index contributed by atoms with van der Waals surface area (Å²) in [6, 6.07) is 8.78. The molecule has 5 fully saturated rings. The number of halogens is 1. The van der Waals surface area contributed by atoms with Gasteiger partial charge in [-0.15, -0.1) is 12.4 Å². The van der Waals surface area contributed by atoms with E-state index in [1.54, 1.807) is 6.20 Å². The number of benzene rings is 1. The van der Waals surface area contributed by atoms with Gasteiger partial charge in [-0.25, -0.2) is 0 Å². The average molecular weight is 483 g/mol. The minimum Gasteiger partial charge on any atom is -0.373 e. The van der Waals surface area contributed by atoms with Gasteiger partial charge in [0.05, 0.1) is 0 Å². The molecular formula is C28H39ClN4O. The molecule has 184 valence electrons. The van der Waals surface area contributed by atoms with Crippen LogP contribution in [0.2, 0.25) is 0 Å². The SMILES string of the molecule is Cc1cccc(N2CCN(/C=C(/C#N)C(=O)NC(C)C34CC5CC(CC(C5)C3)C4)CC2)c1C.Cl. The topological polar surface area (TPSA) is 59.4 Å². The minimum absolute atomic E-state index is 0. The molecule has 4 bridgehead atoms. The lowest BCUT2D eigenvalue weighted by molar-refractivity contribution is -0.122. The third-order valence-electron chi connectivity index (χ3n) is 9.26. The van der Waals surface area contributed by atoms with E-state index in [4.69, 9.17) is 0 Å². The highest BCUT2D eigenvalue weighted by atomic mass is 35.5. The summed E-state index contributed by atoms with van der Waals surface area (Å²) in [7, 11) is 0. The van der Waals surface area contributed by atoms with Crippen LogP contribution < -0.4 is 10.2 Å². The second-order valence-corrected chi connectivity index (χ2v) is 11.4. The van der Waals surface area contributed by atoms with Crippen molar-refractivity contribution in [1.29, 1.82) is 5.26 Å². The van der Waals surface area contributed by atoms with E-state index in [9.17, 15) is 10.1 Å². The minimum atomic E-state index is -0.197. The summed E-state index contributed by atoms with van der Waals surface area (Å²) in [4.78, 5) is 17.6. The fraction of sp³-hybridized carbons (Fsp3) is 0.643. The molecule has 0 aromatic heterocycles. The Kier molecular flexibility index (Phi) is 7.20. The van der Waals surface area contributed by atoms with E-state index in [0.717, 1.165) is 43.9 Å². The normalized spacial score (nSPS) is 31.0. The van der Waals surface area contributed by atoms with Crippen LogP contribution in [-0.2, 0) is 4.79 Å². The zero-order chi connectivity index (χ0) is 23.2. The lowest BCUT2D eigenvalue weighted by Gasteiger charge is -2.59. The number of nitrogens with zero attached hydrogens (tertiary/aromatic N) is 3. The van der Waals surface area contributed by atoms with Gasteiger partial charge in [-0.3, -0.25) is 4.79 Å². The molecule has 6 rings (SSSR count). The number of piperazine rings is 1.